The Kier molecular flexibility index (Phi) is 15.9. The highest BCUT2D eigenvalue weighted by Crippen LogP contribution is 2.29. The summed E-state index contributed by atoms with van der Waals surface area (Å²) in [5.74, 6) is 0.600. The average Bonchev–Trinajstić information content (AvgIpc) is 3.10. The van der Waals surface area contributed by atoms with E-state index in [4.69, 9.17) is 9.84 Å². The average molecular weight is 485 g/mol. The Labute approximate surface area is 208 Å². The summed E-state index contributed by atoms with van der Waals surface area (Å²) in [7, 11) is 0. The highest BCUT2D eigenvalue weighted by molar-refractivity contribution is 5.84. The molecule has 1 saturated carbocycles. The molecule has 2 amide bonds. The van der Waals surface area contributed by atoms with E-state index in [2.05, 4.69) is 33.0 Å². The van der Waals surface area contributed by atoms with Crippen LogP contribution in [0.4, 0.5) is 4.79 Å². The number of carbonyl (C=O) groups excluding carboxylic acids is 2. The lowest BCUT2D eigenvalue weighted by Crippen LogP contribution is -2.41. The van der Waals surface area contributed by atoms with E-state index in [1.807, 2.05) is 27.7 Å². The van der Waals surface area contributed by atoms with E-state index in [1.165, 1.54) is 25.7 Å². The van der Waals surface area contributed by atoms with Crippen molar-refractivity contribution in [1.82, 2.24) is 10.2 Å². The molecule has 2 rings (SSSR count). The monoisotopic (exact) mass is 484 g/mol. The lowest BCUT2D eigenvalue weighted by molar-refractivity contribution is -0.148. The second kappa shape index (κ2) is 16.8. The van der Waals surface area contributed by atoms with Crippen LogP contribution in [0.2, 0.25) is 0 Å². The topological polar surface area (TPSA) is 95.9 Å². The van der Waals surface area contributed by atoms with E-state index in [-0.39, 0.29) is 12.0 Å². The molecule has 1 aliphatic carbocycles. The van der Waals surface area contributed by atoms with Gasteiger partial charge < -0.3 is 20.1 Å². The predicted molar refractivity (Wildman–Crippen MR) is 138 cm³/mol. The van der Waals surface area contributed by atoms with Crippen LogP contribution in [0, 0.1) is 17.8 Å². The summed E-state index contributed by atoms with van der Waals surface area (Å²) in [6.45, 7) is 17.4. The van der Waals surface area contributed by atoms with Gasteiger partial charge in [-0.1, -0.05) is 60.3 Å². The lowest BCUT2D eigenvalue weighted by Gasteiger charge is -2.26. The van der Waals surface area contributed by atoms with Crippen molar-refractivity contribution in [3.63, 3.8) is 0 Å². The molecule has 2 aliphatic rings. The summed E-state index contributed by atoms with van der Waals surface area (Å²) in [6, 6.07) is -0.587. The van der Waals surface area contributed by atoms with Gasteiger partial charge in [-0.2, -0.15) is 0 Å². The fourth-order valence-corrected chi connectivity index (χ4v) is 4.09. The zero-order chi connectivity index (χ0) is 26.3. The molecule has 0 aromatic carbocycles. The highest BCUT2D eigenvalue weighted by Gasteiger charge is 2.38. The molecule has 2 atom stereocenters. The summed E-state index contributed by atoms with van der Waals surface area (Å²) in [6.07, 6.45) is 9.05. The molecule has 7 nitrogen and oxygen atoms in total. The molecule has 200 valence electrons. The van der Waals surface area contributed by atoms with Crippen LogP contribution in [-0.4, -0.2) is 52.7 Å². The second-order valence-electron chi connectivity index (χ2n) is 11.3. The molecule has 2 fully saturated rings. The number of alkyl carbamates (subject to hydrolysis) is 1. The molecule has 2 N–H and O–H groups in total. The van der Waals surface area contributed by atoms with E-state index >= 15 is 0 Å². The zero-order valence-corrected chi connectivity index (χ0v) is 23.1. The van der Waals surface area contributed by atoms with Crippen molar-refractivity contribution in [1.29, 1.82) is 0 Å². The Morgan fingerprint density at radius 2 is 1.65 bits per heavy atom. The van der Waals surface area contributed by atoms with Crippen LogP contribution in [0.1, 0.15) is 113 Å². The molecule has 0 spiro atoms. The first-order valence-corrected chi connectivity index (χ1v) is 13.3. The molecule has 0 aromatic heterocycles. The van der Waals surface area contributed by atoms with Crippen molar-refractivity contribution in [2.45, 2.75) is 125 Å². The Balaban J connectivity index is 0.000000602. The Morgan fingerprint density at radius 1 is 1.09 bits per heavy atom. The number of likely N-dealkylation sites (tertiary alicyclic amines) is 1. The highest BCUT2D eigenvalue weighted by atomic mass is 16.6. The summed E-state index contributed by atoms with van der Waals surface area (Å²) < 4.78 is 5.07. The maximum absolute atomic E-state index is 12.2. The van der Waals surface area contributed by atoms with Gasteiger partial charge in [0.1, 0.15) is 11.6 Å². The summed E-state index contributed by atoms with van der Waals surface area (Å²) in [5, 5.41) is 11.9. The van der Waals surface area contributed by atoms with Crippen molar-refractivity contribution in [2.24, 2.45) is 17.8 Å². The minimum atomic E-state index is -0.851. The Morgan fingerprint density at radius 3 is 2.12 bits per heavy atom. The van der Waals surface area contributed by atoms with E-state index < -0.39 is 17.6 Å². The molecule has 7 heteroatoms. The number of carboxylic acid groups (broad SMARTS) is 1. The quantitative estimate of drug-likeness (QED) is 0.464. The number of carboxylic acids is 1. The van der Waals surface area contributed by atoms with Crippen molar-refractivity contribution in [3.8, 4) is 0 Å². The van der Waals surface area contributed by atoms with Crippen LogP contribution in [0.15, 0.2) is 0 Å². The van der Waals surface area contributed by atoms with Gasteiger partial charge in [0, 0.05) is 19.5 Å². The summed E-state index contributed by atoms with van der Waals surface area (Å²) in [4.78, 5) is 36.1. The first-order chi connectivity index (χ1) is 15.8. The smallest absolute Gasteiger partial charge is 0.407 e. The van der Waals surface area contributed by atoms with Gasteiger partial charge in [-0.3, -0.25) is 4.79 Å². The van der Waals surface area contributed by atoms with Crippen molar-refractivity contribution in [2.75, 3.05) is 13.1 Å². The van der Waals surface area contributed by atoms with Gasteiger partial charge in [0.2, 0.25) is 5.91 Å². The fourth-order valence-electron chi connectivity index (χ4n) is 4.09. The van der Waals surface area contributed by atoms with Crippen molar-refractivity contribution in [3.05, 3.63) is 0 Å². The number of nitrogens with one attached hydrogen (secondary N) is 1. The van der Waals surface area contributed by atoms with Gasteiger partial charge in [0.15, 0.2) is 0 Å². The molecule has 0 bridgehead atoms. The number of ether oxygens (including phenoxy) is 1. The Bertz CT molecular complexity index is 594. The fraction of sp³-hybridized carbons (Fsp3) is 0.889. The number of hydrogen-bond donors (Lipinski definition) is 2. The predicted octanol–water partition coefficient (Wildman–Crippen LogP) is 6.25. The van der Waals surface area contributed by atoms with E-state index in [1.54, 1.807) is 4.90 Å². The van der Waals surface area contributed by atoms with Crippen molar-refractivity contribution < 1.29 is 24.2 Å². The van der Waals surface area contributed by atoms with Gasteiger partial charge in [-0.05, 0) is 64.2 Å². The third-order valence-electron chi connectivity index (χ3n) is 5.69. The number of aliphatic carboxylic acids is 1. The van der Waals surface area contributed by atoms with Crippen LogP contribution in [0.3, 0.4) is 0 Å². The zero-order valence-electron chi connectivity index (χ0n) is 23.1. The van der Waals surface area contributed by atoms with Gasteiger partial charge in [-0.15, -0.1) is 0 Å². The van der Waals surface area contributed by atoms with Crippen LogP contribution < -0.4 is 5.32 Å². The lowest BCUT2D eigenvalue weighted by atomic mass is 9.86. The first kappa shape index (κ1) is 32.2. The maximum atomic E-state index is 12.2. The van der Waals surface area contributed by atoms with Gasteiger partial charge in [0.05, 0.1) is 0 Å². The van der Waals surface area contributed by atoms with E-state index in [9.17, 15) is 14.4 Å². The standard InChI is InChI=1S/C14H23NO3.C10H21NO2.C3H8/c1-10-7-12(14(17)18)15(9-10)13(16)8-11-5-3-2-4-6-11;1-8(2)6-7-11-9(12)13-10(3,4)5;1-3-2/h10-12H,2-9H2,1H3,(H,17,18);8H,6-7H2,1-5H3,(H,11,12);3H2,1-2H3/t10-,12?;;/m1../s1. The number of nitrogens with zero attached hydrogens (tertiary/aromatic N) is 1. The molecule has 34 heavy (non-hydrogen) atoms. The molecule has 0 radical (unpaired) electrons. The van der Waals surface area contributed by atoms with Crippen molar-refractivity contribution >= 4 is 18.0 Å². The summed E-state index contributed by atoms with van der Waals surface area (Å²) in [5.41, 5.74) is -0.401. The normalized spacial score (nSPS) is 20.6. The van der Waals surface area contributed by atoms with Crippen LogP contribution in [-0.2, 0) is 14.3 Å². The minimum absolute atomic E-state index is 0.0543. The van der Waals surface area contributed by atoms with Gasteiger partial charge >= 0.3 is 12.1 Å². The Hall–Kier alpha value is -1.79. The third-order valence-corrected chi connectivity index (χ3v) is 5.69. The molecule has 1 aliphatic heterocycles. The number of carbonyl (C=O) groups is 3. The number of amides is 2. The SMILES string of the molecule is CC(C)CCNC(=O)OC(C)(C)C.CCC.C[C@@H]1CC(C(=O)O)N(C(=O)CC2CCCCC2)C1. The largest absolute Gasteiger partial charge is 0.480 e. The van der Waals surface area contributed by atoms with Gasteiger partial charge in [0.25, 0.3) is 0 Å². The molecule has 1 saturated heterocycles. The molecular formula is C27H52N2O5. The molecular weight excluding hydrogens is 432 g/mol. The number of hydrogen-bond acceptors (Lipinski definition) is 4. The minimum Gasteiger partial charge on any atom is -0.480 e. The second-order valence-corrected chi connectivity index (χ2v) is 11.3. The van der Waals surface area contributed by atoms with Gasteiger partial charge in [-0.25, -0.2) is 9.59 Å². The van der Waals surface area contributed by atoms with E-state index in [0.717, 1.165) is 19.3 Å². The molecule has 1 heterocycles. The number of rotatable bonds is 6. The van der Waals surface area contributed by atoms with Crippen LogP contribution in [0.25, 0.3) is 0 Å². The first-order valence-electron chi connectivity index (χ1n) is 13.3. The molecule has 0 aromatic rings. The van der Waals surface area contributed by atoms with E-state index in [0.29, 0.717) is 43.7 Å². The summed E-state index contributed by atoms with van der Waals surface area (Å²) >= 11 is 0. The molecule has 1 unspecified atom stereocenters. The third kappa shape index (κ3) is 15.2. The van der Waals surface area contributed by atoms with Crippen LogP contribution in [0.5, 0.6) is 0 Å². The maximum Gasteiger partial charge on any atom is 0.407 e. The van der Waals surface area contributed by atoms with Crippen LogP contribution >= 0.6 is 0 Å².